The van der Waals surface area contributed by atoms with Gasteiger partial charge in [0.2, 0.25) is 0 Å². The molecule has 5 nitrogen and oxygen atoms in total. The molecule has 1 heterocycles. The molecule has 0 unspecified atom stereocenters. The van der Waals surface area contributed by atoms with Crippen molar-refractivity contribution >= 4 is 26.6 Å². The Labute approximate surface area is 193 Å². The predicted octanol–water partition coefficient (Wildman–Crippen LogP) is 4.95. The first kappa shape index (κ1) is 22.4. The maximum absolute atomic E-state index is 13.1. The molecule has 0 aliphatic carbocycles. The number of hydrogen-bond donors (Lipinski definition) is 1. The topological polar surface area (TPSA) is 76.1 Å². The normalized spacial score (nSPS) is 12.6. The fraction of sp³-hybridized carbons (Fsp3) is 0.111. The van der Waals surface area contributed by atoms with Crippen molar-refractivity contribution in [2.75, 3.05) is 0 Å². The number of fused-ring (bicyclic) bond motifs is 1. The van der Waals surface area contributed by atoms with Gasteiger partial charge < -0.3 is 5.32 Å². The minimum atomic E-state index is -3.62. The van der Waals surface area contributed by atoms with Crippen LogP contribution in [0.4, 0.5) is 0 Å². The molecule has 0 fully saturated rings. The van der Waals surface area contributed by atoms with Crippen LogP contribution in [0, 0.1) is 0 Å². The van der Waals surface area contributed by atoms with Gasteiger partial charge in [-0.3, -0.25) is 9.78 Å². The number of aryl methyl sites for hydroxylation is 1. The quantitative estimate of drug-likeness (QED) is 0.407. The number of nitrogens with one attached hydrogen (secondary N) is 1. The standard InChI is InChI=1S/C27H24N2O3S/c30-27(25-15-7-11-22-12-8-19-28-26(22)25)29-23(17-16-21-9-3-1-4-10-21)18-20-33(31,32)24-13-5-2-6-14-24/h1-15,18-20,23H,16-17H2,(H,29,30)/b20-18+/t23-/m0/s1. The number of amides is 1. The Morgan fingerprint density at radius 1 is 0.879 bits per heavy atom. The van der Waals surface area contributed by atoms with Gasteiger partial charge in [-0.15, -0.1) is 0 Å². The smallest absolute Gasteiger partial charge is 0.253 e. The lowest BCUT2D eigenvalue weighted by molar-refractivity contribution is 0.0944. The van der Waals surface area contributed by atoms with Crippen molar-refractivity contribution < 1.29 is 13.2 Å². The molecule has 0 radical (unpaired) electrons. The van der Waals surface area contributed by atoms with Crippen LogP contribution in [0.3, 0.4) is 0 Å². The van der Waals surface area contributed by atoms with Gasteiger partial charge in [-0.1, -0.05) is 72.8 Å². The lowest BCUT2D eigenvalue weighted by Crippen LogP contribution is -2.34. The molecule has 0 saturated carbocycles. The van der Waals surface area contributed by atoms with Crippen molar-refractivity contribution in [2.45, 2.75) is 23.8 Å². The Balaban J connectivity index is 1.58. The molecule has 0 aliphatic heterocycles. The average Bonchev–Trinajstić information content (AvgIpc) is 2.86. The predicted molar refractivity (Wildman–Crippen MR) is 131 cm³/mol. The number of benzene rings is 3. The number of hydrogen-bond acceptors (Lipinski definition) is 4. The fourth-order valence-corrected chi connectivity index (χ4v) is 4.69. The summed E-state index contributed by atoms with van der Waals surface area (Å²) in [6.07, 6.45) is 4.45. The summed E-state index contributed by atoms with van der Waals surface area (Å²) >= 11 is 0. The van der Waals surface area contributed by atoms with E-state index in [4.69, 9.17) is 0 Å². The van der Waals surface area contributed by atoms with Crippen LogP contribution >= 0.6 is 0 Å². The van der Waals surface area contributed by atoms with E-state index in [2.05, 4.69) is 10.3 Å². The van der Waals surface area contributed by atoms with E-state index in [9.17, 15) is 13.2 Å². The lowest BCUT2D eigenvalue weighted by atomic mass is 10.0. The molecular weight excluding hydrogens is 432 g/mol. The average molecular weight is 457 g/mol. The van der Waals surface area contributed by atoms with Crippen LogP contribution < -0.4 is 5.32 Å². The van der Waals surface area contributed by atoms with E-state index in [0.717, 1.165) is 10.9 Å². The van der Waals surface area contributed by atoms with Gasteiger partial charge in [-0.25, -0.2) is 8.42 Å². The van der Waals surface area contributed by atoms with Crippen molar-refractivity contribution in [3.05, 3.63) is 120 Å². The van der Waals surface area contributed by atoms with Crippen LogP contribution in [0.1, 0.15) is 22.3 Å². The van der Waals surface area contributed by atoms with E-state index >= 15 is 0 Å². The van der Waals surface area contributed by atoms with E-state index in [1.165, 1.54) is 5.41 Å². The largest absolute Gasteiger partial charge is 0.346 e. The minimum Gasteiger partial charge on any atom is -0.346 e. The molecule has 1 aromatic heterocycles. The molecule has 6 heteroatoms. The second-order valence-corrected chi connectivity index (χ2v) is 9.51. The fourth-order valence-electron chi connectivity index (χ4n) is 3.60. The molecule has 0 aliphatic rings. The van der Waals surface area contributed by atoms with Crippen molar-refractivity contribution in [2.24, 2.45) is 0 Å². The van der Waals surface area contributed by atoms with Crippen LogP contribution in [0.5, 0.6) is 0 Å². The summed E-state index contributed by atoms with van der Waals surface area (Å²) in [4.78, 5) is 17.7. The Hall–Kier alpha value is -3.77. The van der Waals surface area contributed by atoms with Crippen molar-refractivity contribution in [3.63, 3.8) is 0 Å². The van der Waals surface area contributed by atoms with E-state index in [1.54, 1.807) is 48.7 Å². The second kappa shape index (κ2) is 10.2. The summed E-state index contributed by atoms with van der Waals surface area (Å²) in [6, 6.07) is 26.8. The zero-order valence-electron chi connectivity index (χ0n) is 18.0. The summed E-state index contributed by atoms with van der Waals surface area (Å²) in [5, 5.41) is 5.04. The highest BCUT2D eigenvalue weighted by molar-refractivity contribution is 7.94. The Kier molecular flexibility index (Phi) is 6.95. The Morgan fingerprint density at radius 2 is 1.58 bits per heavy atom. The lowest BCUT2D eigenvalue weighted by Gasteiger charge is -2.16. The number of carbonyl (C=O) groups excluding carboxylic acids is 1. The van der Waals surface area contributed by atoms with Gasteiger partial charge in [0.15, 0.2) is 9.84 Å². The number of rotatable bonds is 8. The third-order valence-corrected chi connectivity index (χ3v) is 6.79. The zero-order valence-corrected chi connectivity index (χ0v) is 18.8. The number of nitrogens with zero attached hydrogens (tertiary/aromatic N) is 1. The highest BCUT2D eigenvalue weighted by atomic mass is 32.2. The molecule has 0 spiro atoms. The molecule has 3 aromatic carbocycles. The molecule has 4 rings (SSSR count). The molecule has 1 amide bonds. The van der Waals surface area contributed by atoms with Crippen molar-refractivity contribution in [1.29, 1.82) is 0 Å². The Bertz CT molecular complexity index is 1360. The van der Waals surface area contributed by atoms with Gasteiger partial charge in [-0.05, 0) is 42.7 Å². The monoisotopic (exact) mass is 456 g/mol. The van der Waals surface area contributed by atoms with Gasteiger partial charge in [-0.2, -0.15) is 0 Å². The Morgan fingerprint density at radius 3 is 2.33 bits per heavy atom. The van der Waals surface area contributed by atoms with E-state index in [-0.39, 0.29) is 10.8 Å². The molecule has 1 N–H and O–H groups in total. The maximum Gasteiger partial charge on any atom is 0.253 e. The van der Waals surface area contributed by atoms with Crippen LogP contribution in [0.15, 0.2) is 114 Å². The van der Waals surface area contributed by atoms with Crippen molar-refractivity contribution in [1.82, 2.24) is 10.3 Å². The summed E-state index contributed by atoms with van der Waals surface area (Å²) in [5.41, 5.74) is 2.18. The van der Waals surface area contributed by atoms with Gasteiger partial charge in [0.25, 0.3) is 5.91 Å². The molecule has 4 aromatic rings. The number of aromatic nitrogens is 1. The summed E-state index contributed by atoms with van der Waals surface area (Å²) in [6.45, 7) is 0. The summed E-state index contributed by atoms with van der Waals surface area (Å²) in [7, 11) is -3.62. The molecular formula is C27H24N2O3S. The second-order valence-electron chi connectivity index (χ2n) is 7.67. The summed E-state index contributed by atoms with van der Waals surface area (Å²) in [5.74, 6) is -0.292. The van der Waals surface area contributed by atoms with Crippen molar-refractivity contribution in [3.8, 4) is 0 Å². The number of sulfone groups is 1. The van der Waals surface area contributed by atoms with Gasteiger partial charge in [0.05, 0.1) is 16.0 Å². The highest BCUT2D eigenvalue weighted by Crippen LogP contribution is 2.17. The van der Waals surface area contributed by atoms with Gasteiger partial charge in [0, 0.05) is 23.0 Å². The molecule has 0 saturated heterocycles. The molecule has 33 heavy (non-hydrogen) atoms. The molecule has 166 valence electrons. The number of carbonyl (C=O) groups is 1. The van der Waals surface area contributed by atoms with Crippen LogP contribution in [0.25, 0.3) is 10.9 Å². The molecule has 1 atom stereocenters. The third-order valence-electron chi connectivity index (χ3n) is 5.34. The van der Waals surface area contributed by atoms with Gasteiger partial charge >= 0.3 is 0 Å². The third kappa shape index (κ3) is 5.73. The van der Waals surface area contributed by atoms with Crippen LogP contribution in [0.2, 0.25) is 0 Å². The molecule has 0 bridgehead atoms. The van der Waals surface area contributed by atoms with Gasteiger partial charge in [0.1, 0.15) is 0 Å². The zero-order chi connectivity index (χ0) is 23.1. The van der Waals surface area contributed by atoms with Crippen LogP contribution in [-0.2, 0) is 16.3 Å². The number of para-hydroxylation sites is 1. The van der Waals surface area contributed by atoms with E-state index in [0.29, 0.717) is 23.9 Å². The first-order valence-corrected chi connectivity index (χ1v) is 12.2. The maximum atomic E-state index is 13.1. The highest BCUT2D eigenvalue weighted by Gasteiger charge is 2.17. The van der Waals surface area contributed by atoms with E-state index in [1.807, 2.05) is 54.6 Å². The number of pyridine rings is 1. The SMILES string of the molecule is O=C(N[C@H](/C=C/S(=O)(=O)c1ccccc1)CCc1ccccc1)c1cccc2cccnc12. The summed E-state index contributed by atoms with van der Waals surface area (Å²) < 4.78 is 25.5. The van der Waals surface area contributed by atoms with Crippen LogP contribution in [-0.4, -0.2) is 25.4 Å². The minimum absolute atomic E-state index is 0.215. The van der Waals surface area contributed by atoms with E-state index < -0.39 is 15.9 Å². The first-order valence-electron chi connectivity index (χ1n) is 10.7. The first-order chi connectivity index (χ1) is 16.0.